The minimum absolute atomic E-state index is 0.0448. The maximum absolute atomic E-state index is 11.9. The largest absolute Gasteiger partial charge is 0.339 e. The van der Waals surface area contributed by atoms with Crippen molar-refractivity contribution in [3.63, 3.8) is 0 Å². The molecule has 0 bridgehead atoms. The molecule has 3 heterocycles. The molecule has 2 aromatic rings. The first-order valence-electron chi connectivity index (χ1n) is 6.31. The third-order valence-corrected chi connectivity index (χ3v) is 4.07. The Morgan fingerprint density at radius 3 is 2.90 bits per heavy atom. The molecule has 0 amide bonds. The molecule has 0 N–H and O–H groups in total. The molecule has 0 aliphatic carbocycles. The van der Waals surface area contributed by atoms with E-state index < -0.39 is 0 Å². The molecule has 1 aliphatic heterocycles. The summed E-state index contributed by atoms with van der Waals surface area (Å²) in [6.07, 6.45) is 6.53. The Bertz CT molecular complexity index is 732. The van der Waals surface area contributed by atoms with Crippen LogP contribution in [-0.4, -0.2) is 15.3 Å². The average Bonchev–Trinajstić information content (AvgIpc) is 2.71. The van der Waals surface area contributed by atoms with Crippen molar-refractivity contribution in [3.05, 3.63) is 45.8 Å². The molecule has 2 aromatic heterocycles. The summed E-state index contributed by atoms with van der Waals surface area (Å²) in [6.45, 7) is 2.30. The van der Waals surface area contributed by atoms with E-state index in [2.05, 4.69) is 4.98 Å². The van der Waals surface area contributed by atoms with Crippen molar-refractivity contribution in [1.82, 2.24) is 9.55 Å². The molecule has 0 saturated carbocycles. The number of aromatic nitrogens is 2. The van der Waals surface area contributed by atoms with Gasteiger partial charge in [0.05, 0.1) is 22.0 Å². The summed E-state index contributed by atoms with van der Waals surface area (Å²) in [5.74, 6) is -0.0448. The van der Waals surface area contributed by atoms with E-state index in [4.69, 9.17) is 23.2 Å². The third kappa shape index (κ3) is 1.98. The Balaban J connectivity index is 2.35. The normalized spacial score (nSPS) is 13.3. The molecule has 5 heteroatoms. The zero-order valence-corrected chi connectivity index (χ0v) is 12.4. The van der Waals surface area contributed by atoms with Gasteiger partial charge in [-0.1, -0.05) is 29.3 Å². The maximum atomic E-state index is 11.9. The van der Waals surface area contributed by atoms with E-state index in [0.29, 0.717) is 15.7 Å². The quantitative estimate of drug-likeness (QED) is 0.606. The SMILES string of the molecule is CC(=O)c1c(Cl)c(-c2cccnc2Cl)n2c1C=CCC2. The van der Waals surface area contributed by atoms with Gasteiger partial charge in [0.25, 0.3) is 0 Å². The van der Waals surface area contributed by atoms with E-state index in [0.717, 1.165) is 29.9 Å². The highest BCUT2D eigenvalue weighted by atomic mass is 35.5. The summed E-state index contributed by atoms with van der Waals surface area (Å²) in [7, 11) is 0. The molecule has 0 atom stereocenters. The van der Waals surface area contributed by atoms with Crippen molar-refractivity contribution < 1.29 is 4.79 Å². The number of Topliss-reactive ketones (excluding diaryl/α,β-unsaturated/α-hetero) is 1. The van der Waals surface area contributed by atoms with Crippen LogP contribution in [0.15, 0.2) is 24.4 Å². The molecule has 0 fully saturated rings. The smallest absolute Gasteiger partial charge is 0.163 e. The number of halogens is 2. The van der Waals surface area contributed by atoms with Crippen LogP contribution in [-0.2, 0) is 6.54 Å². The van der Waals surface area contributed by atoms with Crippen molar-refractivity contribution in [3.8, 4) is 11.3 Å². The van der Waals surface area contributed by atoms with Crippen LogP contribution >= 0.6 is 23.2 Å². The molecule has 20 heavy (non-hydrogen) atoms. The zero-order chi connectivity index (χ0) is 14.3. The van der Waals surface area contributed by atoms with Crippen LogP contribution < -0.4 is 0 Å². The second kappa shape index (κ2) is 5.08. The molecule has 0 unspecified atom stereocenters. The second-order valence-electron chi connectivity index (χ2n) is 4.66. The number of rotatable bonds is 2. The lowest BCUT2D eigenvalue weighted by molar-refractivity contribution is 0.101. The third-order valence-electron chi connectivity index (χ3n) is 3.41. The standard InChI is InChI=1S/C15H12Cl2N2O/c1-9(20)12-11-6-2-3-8-19(11)14(13(12)16)10-5-4-7-18-15(10)17/h2,4-7H,3,8H2,1H3. The molecule has 0 radical (unpaired) electrons. The van der Waals surface area contributed by atoms with Crippen LogP contribution in [0.5, 0.6) is 0 Å². The van der Waals surface area contributed by atoms with Crippen LogP contribution in [0.4, 0.5) is 0 Å². The fraction of sp³-hybridized carbons (Fsp3) is 0.200. The fourth-order valence-corrected chi connectivity index (χ4v) is 3.21. The van der Waals surface area contributed by atoms with Crippen LogP contribution in [0.3, 0.4) is 0 Å². The lowest BCUT2D eigenvalue weighted by atomic mass is 10.1. The number of pyridine rings is 1. The van der Waals surface area contributed by atoms with Gasteiger partial charge < -0.3 is 4.57 Å². The van der Waals surface area contributed by atoms with Crippen molar-refractivity contribution in [2.24, 2.45) is 0 Å². The van der Waals surface area contributed by atoms with E-state index in [1.807, 2.05) is 28.9 Å². The van der Waals surface area contributed by atoms with E-state index in [9.17, 15) is 4.79 Å². The van der Waals surface area contributed by atoms with Crippen molar-refractivity contribution in [1.29, 1.82) is 0 Å². The number of carbonyl (C=O) groups excluding carboxylic acids is 1. The predicted molar refractivity (Wildman–Crippen MR) is 81.3 cm³/mol. The summed E-state index contributed by atoms with van der Waals surface area (Å²) >= 11 is 12.6. The van der Waals surface area contributed by atoms with E-state index in [1.54, 1.807) is 6.20 Å². The minimum Gasteiger partial charge on any atom is -0.339 e. The summed E-state index contributed by atoms with van der Waals surface area (Å²) in [5, 5.41) is 0.841. The van der Waals surface area contributed by atoms with Gasteiger partial charge in [-0.3, -0.25) is 4.79 Å². The Kier molecular flexibility index (Phi) is 3.40. The topological polar surface area (TPSA) is 34.9 Å². The molecule has 3 nitrogen and oxygen atoms in total. The first-order valence-corrected chi connectivity index (χ1v) is 7.07. The molecule has 0 spiro atoms. The number of hydrogen-bond donors (Lipinski definition) is 0. The summed E-state index contributed by atoms with van der Waals surface area (Å²) in [6, 6.07) is 3.68. The van der Waals surface area contributed by atoms with Crippen LogP contribution in [0.1, 0.15) is 29.4 Å². The first-order chi connectivity index (χ1) is 9.61. The monoisotopic (exact) mass is 306 g/mol. The van der Waals surface area contributed by atoms with Gasteiger partial charge in [-0.25, -0.2) is 4.98 Å². The van der Waals surface area contributed by atoms with Gasteiger partial charge in [0.2, 0.25) is 0 Å². The molecule has 102 valence electrons. The number of allylic oxidation sites excluding steroid dienone is 1. The lowest BCUT2D eigenvalue weighted by Crippen LogP contribution is -2.07. The second-order valence-corrected chi connectivity index (χ2v) is 5.40. The van der Waals surface area contributed by atoms with Gasteiger partial charge in [0.15, 0.2) is 5.78 Å². The van der Waals surface area contributed by atoms with Crippen molar-refractivity contribution in [2.75, 3.05) is 0 Å². The maximum Gasteiger partial charge on any atom is 0.163 e. The molecule has 1 aliphatic rings. The first kappa shape index (κ1) is 13.4. The Morgan fingerprint density at radius 1 is 1.40 bits per heavy atom. The highest BCUT2D eigenvalue weighted by Gasteiger charge is 2.26. The van der Waals surface area contributed by atoms with Crippen LogP contribution in [0.25, 0.3) is 17.3 Å². The van der Waals surface area contributed by atoms with Gasteiger partial charge in [0, 0.05) is 18.3 Å². The lowest BCUT2D eigenvalue weighted by Gasteiger charge is -2.15. The minimum atomic E-state index is -0.0448. The average molecular weight is 307 g/mol. The van der Waals surface area contributed by atoms with E-state index >= 15 is 0 Å². The van der Waals surface area contributed by atoms with Crippen molar-refractivity contribution >= 4 is 35.1 Å². The van der Waals surface area contributed by atoms with Gasteiger partial charge >= 0.3 is 0 Å². The number of ketones is 1. The molecular formula is C15H12Cl2N2O. The van der Waals surface area contributed by atoms with Gasteiger partial charge in [0.1, 0.15) is 5.15 Å². The van der Waals surface area contributed by atoms with Crippen LogP contribution in [0, 0.1) is 0 Å². The van der Waals surface area contributed by atoms with Gasteiger partial charge in [-0.15, -0.1) is 0 Å². The van der Waals surface area contributed by atoms with E-state index in [1.165, 1.54) is 6.92 Å². The number of nitrogens with zero attached hydrogens (tertiary/aromatic N) is 2. The van der Waals surface area contributed by atoms with Gasteiger partial charge in [-0.2, -0.15) is 0 Å². The summed E-state index contributed by atoms with van der Waals surface area (Å²) in [4.78, 5) is 16.0. The highest BCUT2D eigenvalue weighted by Crippen LogP contribution is 2.40. The number of hydrogen-bond acceptors (Lipinski definition) is 2. The Hall–Kier alpha value is -1.58. The summed E-state index contributed by atoms with van der Waals surface area (Å²) < 4.78 is 2.04. The molecule has 0 aromatic carbocycles. The molecule has 0 saturated heterocycles. The highest BCUT2D eigenvalue weighted by molar-refractivity contribution is 6.38. The number of fused-ring (bicyclic) bond motifs is 1. The Labute approximate surface area is 126 Å². The molecular weight excluding hydrogens is 295 g/mol. The van der Waals surface area contributed by atoms with E-state index in [-0.39, 0.29) is 5.78 Å². The predicted octanol–water partition coefficient (Wildman–Crippen LogP) is 4.48. The van der Waals surface area contributed by atoms with Crippen LogP contribution in [0.2, 0.25) is 10.2 Å². The number of carbonyl (C=O) groups is 1. The fourth-order valence-electron chi connectivity index (χ4n) is 2.57. The summed E-state index contributed by atoms with van der Waals surface area (Å²) in [5.41, 5.74) is 2.93. The molecule has 3 rings (SSSR count). The Morgan fingerprint density at radius 2 is 2.20 bits per heavy atom. The zero-order valence-electron chi connectivity index (χ0n) is 10.9. The van der Waals surface area contributed by atoms with Crippen molar-refractivity contribution in [2.45, 2.75) is 19.9 Å². The van der Waals surface area contributed by atoms with Gasteiger partial charge in [-0.05, 0) is 31.6 Å².